The summed E-state index contributed by atoms with van der Waals surface area (Å²) in [5.41, 5.74) is 0.939. The number of hydrogen-bond donors (Lipinski definition) is 1. The van der Waals surface area contributed by atoms with Crippen LogP contribution in [-0.4, -0.2) is 44.9 Å². The molecule has 0 aliphatic heterocycles. The monoisotopic (exact) mass is 496 g/mol. The fraction of sp³-hybridized carbons (Fsp3) is 0.296. The third kappa shape index (κ3) is 7.56. The van der Waals surface area contributed by atoms with Gasteiger partial charge in [-0.15, -0.1) is 0 Å². The van der Waals surface area contributed by atoms with Gasteiger partial charge in [-0.25, -0.2) is 8.42 Å². The first-order chi connectivity index (χ1) is 16.9. The smallest absolute Gasteiger partial charge is 0.255 e. The van der Waals surface area contributed by atoms with Gasteiger partial charge < -0.3 is 14.8 Å². The van der Waals surface area contributed by atoms with Crippen LogP contribution in [0.15, 0.2) is 83.8 Å². The number of benzene rings is 3. The number of carbonyl (C=O) groups is 1. The van der Waals surface area contributed by atoms with Crippen molar-refractivity contribution in [3.8, 4) is 11.5 Å². The molecule has 0 aliphatic rings. The van der Waals surface area contributed by atoms with E-state index in [1.54, 1.807) is 36.4 Å². The maximum absolute atomic E-state index is 12.9. The molecule has 1 amide bonds. The van der Waals surface area contributed by atoms with Crippen LogP contribution in [0.4, 0.5) is 5.69 Å². The maximum atomic E-state index is 12.9. The molecular formula is C27H32N2O5S. The highest BCUT2D eigenvalue weighted by Crippen LogP contribution is 2.20. The third-order valence-electron chi connectivity index (χ3n) is 5.16. The Labute approximate surface area is 207 Å². The second-order valence-corrected chi connectivity index (χ2v) is 9.86. The molecule has 0 aromatic heterocycles. The molecule has 3 aromatic carbocycles. The zero-order valence-corrected chi connectivity index (χ0v) is 21.0. The number of hydrogen-bond acceptors (Lipinski definition) is 5. The molecular weight excluding hydrogens is 464 g/mol. The lowest BCUT2D eigenvalue weighted by Crippen LogP contribution is -2.32. The molecule has 0 heterocycles. The van der Waals surface area contributed by atoms with Gasteiger partial charge in [-0.3, -0.25) is 4.79 Å². The van der Waals surface area contributed by atoms with Gasteiger partial charge in [0, 0.05) is 24.3 Å². The average Bonchev–Trinajstić information content (AvgIpc) is 2.87. The molecule has 1 N–H and O–H groups in total. The average molecular weight is 497 g/mol. The number of amides is 1. The lowest BCUT2D eigenvalue weighted by molar-refractivity contribution is 0.102. The normalized spacial score (nSPS) is 11.3. The van der Waals surface area contributed by atoms with Gasteiger partial charge in [0.05, 0.1) is 4.90 Å². The van der Waals surface area contributed by atoms with Crippen molar-refractivity contribution in [1.82, 2.24) is 4.31 Å². The van der Waals surface area contributed by atoms with Crippen LogP contribution in [0.3, 0.4) is 0 Å². The van der Waals surface area contributed by atoms with Crippen LogP contribution in [0, 0.1) is 0 Å². The number of nitrogens with one attached hydrogen (secondary N) is 1. The van der Waals surface area contributed by atoms with Crippen molar-refractivity contribution in [3.05, 3.63) is 84.4 Å². The van der Waals surface area contributed by atoms with E-state index < -0.39 is 10.0 Å². The van der Waals surface area contributed by atoms with Gasteiger partial charge in [-0.1, -0.05) is 38.1 Å². The quantitative estimate of drug-likeness (QED) is 0.329. The first-order valence-corrected chi connectivity index (χ1v) is 13.2. The molecule has 35 heavy (non-hydrogen) atoms. The molecule has 3 rings (SSSR count). The largest absolute Gasteiger partial charge is 0.490 e. The SMILES string of the molecule is CCCN(CCC)S(=O)(=O)c1ccc(NC(=O)c2cccc(OCCOc3ccccc3)c2)cc1. The maximum Gasteiger partial charge on any atom is 0.255 e. The summed E-state index contributed by atoms with van der Waals surface area (Å²) >= 11 is 0. The van der Waals surface area contributed by atoms with Crippen molar-refractivity contribution in [2.75, 3.05) is 31.6 Å². The fourth-order valence-electron chi connectivity index (χ4n) is 3.48. The predicted octanol–water partition coefficient (Wildman–Crippen LogP) is 5.21. The molecule has 186 valence electrons. The summed E-state index contributed by atoms with van der Waals surface area (Å²) in [4.78, 5) is 12.9. The Morgan fingerprint density at radius 1 is 0.800 bits per heavy atom. The van der Waals surface area contributed by atoms with E-state index in [9.17, 15) is 13.2 Å². The number of anilines is 1. The zero-order valence-electron chi connectivity index (χ0n) is 20.1. The molecule has 0 aliphatic carbocycles. The van der Waals surface area contributed by atoms with E-state index in [4.69, 9.17) is 9.47 Å². The minimum absolute atomic E-state index is 0.213. The Kier molecular flexibility index (Phi) is 9.69. The number of sulfonamides is 1. The van der Waals surface area contributed by atoms with E-state index in [2.05, 4.69) is 5.32 Å². The van der Waals surface area contributed by atoms with Gasteiger partial charge in [-0.05, 0) is 67.4 Å². The second kappa shape index (κ2) is 12.9. The third-order valence-corrected chi connectivity index (χ3v) is 7.07. The first kappa shape index (κ1) is 26.2. The Morgan fingerprint density at radius 3 is 2.03 bits per heavy atom. The Balaban J connectivity index is 1.57. The Morgan fingerprint density at radius 2 is 1.40 bits per heavy atom. The molecule has 0 fully saturated rings. The van der Waals surface area contributed by atoms with Crippen LogP contribution >= 0.6 is 0 Å². The summed E-state index contributed by atoms with van der Waals surface area (Å²) in [6.07, 6.45) is 1.49. The minimum Gasteiger partial charge on any atom is -0.490 e. The zero-order chi connectivity index (χ0) is 25.1. The van der Waals surface area contributed by atoms with Gasteiger partial charge in [0.1, 0.15) is 24.7 Å². The lowest BCUT2D eigenvalue weighted by atomic mass is 10.2. The van der Waals surface area contributed by atoms with E-state index >= 15 is 0 Å². The van der Waals surface area contributed by atoms with Crippen LogP contribution in [0.25, 0.3) is 0 Å². The second-order valence-electron chi connectivity index (χ2n) is 7.92. The fourth-order valence-corrected chi connectivity index (χ4v) is 5.10. The Hall–Kier alpha value is -3.36. The number of nitrogens with zero attached hydrogens (tertiary/aromatic N) is 1. The standard InChI is InChI=1S/C27H32N2O5S/c1-3-17-29(18-4-2)35(31,32)26-15-13-23(14-16-26)28-27(30)22-9-8-12-25(21-22)34-20-19-33-24-10-6-5-7-11-24/h5-16,21H,3-4,17-20H2,1-2H3,(H,28,30). The molecule has 8 heteroatoms. The highest BCUT2D eigenvalue weighted by atomic mass is 32.2. The topological polar surface area (TPSA) is 84.9 Å². The molecule has 0 spiro atoms. The van der Waals surface area contributed by atoms with Gasteiger partial charge in [0.25, 0.3) is 5.91 Å². The van der Waals surface area contributed by atoms with Gasteiger partial charge in [0.2, 0.25) is 10.0 Å². The van der Waals surface area contributed by atoms with Gasteiger partial charge in [0.15, 0.2) is 0 Å². The predicted molar refractivity (Wildman–Crippen MR) is 138 cm³/mol. The van der Waals surface area contributed by atoms with E-state index in [0.29, 0.717) is 43.3 Å². The summed E-state index contributed by atoms with van der Waals surface area (Å²) in [5.74, 6) is 1.01. The molecule has 0 unspecified atom stereocenters. The minimum atomic E-state index is -3.56. The molecule has 0 saturated heterocycles. The van der Waals surface area contributed by atoms with Crippen molar-refractivity contribution in [1.29, 1.82) is 0 Å². The number of ether oxygens (including phenoxy) is 2. The molecule has 0 radical (unpaired) electrons. The van der Waals surface area contributed by atoms with E-state index in [1.807, 2.05) is 44.2 Å². The van der Waals surface area contributed by atoms with Crippen molar-refractivity contribution >= 4 is 21.6 Å². The molecule has 0 atom stereocenters. The van der Waals surface area contributed by atoms with Crippen LogP contribution in [-0.2, 0) is 10.0 Å². The first-order valence-electron chi connectivity index (χ1n) is 11.8. The summed E-state index contributed by atoms with van der Waals surface area (Å²) in [6, 6.07) is 22.6. The summed E-state index contributed by atoms with van der Waals surface area (Å²) in [7, 11) is -3.56. The van der Waals surface area contributed by atoms with Gasteiger partial charge >= 0.3 is 0 Å². The lowest BCUT2D eigenvalue weighted by Gasteiger charge is -2.21. The highest BCUT2D eigenvalue weighted by molar-refractivity contribution is 7.89. The summed E-state index contributed by atoms with van der Waals surface area (Å²) in [5, 5.41) is 2.80. The highest BCUT2D eigenvalue weighted by Gasteiger charge is 2.23. The van der Waals surface area contributed by atoms with E-state index in [-0.39, 0.29) is 10.8 Å². The van der Waals surface area contributed by atoms with Crippen LogP contribution < -0.4 is 14.8 Å². The molecule has 3 aromatic rings. The van der Waals surface area contributed by atoms with E-state index in [1.165, 1.54) is 16.4 Å². The molecule has 0 bridgehead atoms. The summed E-state index contributed by atoms with van der Waals surface area (Å²) < 4.78 is 38.6. The summed E-state index contributed by atoms with van der Waals surface area (Å²) in [6.45, 7) is 5.58. The van der Waals surface area contributed by atoms with Crippen molar-refractivity contribution in [2.45, 2.75) is 31.6 Å². The van der Waals surface area contributed by atoms with Crippen molar-refractivity contribution < 1.29 is 22.7 Å². The molecule has 0 saturated carbocycles. The Bertz CT molecular complexity index is 1180. The van der Waals surface area contributed by atoms with E-state index in [0.717, 1.165) is 18.6 Å². The number of carbonyl (C=O) groups excluding carboxylic acids is 1. The van der Waals surface area contributed by atoms with Crippen LogP contribution in [0.5, 0.6) is 11.5 Å². The van der Waals surface area contributed by atoms with Crippen molar-refractivity contribution in [2.24, 2.45) is 0 Å². The van der Waals surface area contributed by atoms with Crippen LogP contribution in [0.1, 0.15) is 37.0 Å². The van der Waals surface area contributed by atoms with Gasteiger partial charge in [-0.2, -0.15) is 4.31 Å². The number of para-hydroxylation sites is 1. The van der Waals surface area contributed by atoms with Crippen LogP contribution in [0.2, 0.25) is 0 Å². The van der Waals surface area contributed by atoms with Crippen molar-refractivity contribution in [3.63, 3.8) is 0 Å². The number of rotatable bonds is 13. The molecule has 7 nitrogen and oxygen atoms in total.